The molecule has 2 nitrogen and oxygen atoms in total. The van der Waals surface area contributed by atoms with E-state index in [1.165, 1.54) is 5.56 Å². The van der Waals surface area contributed by atoms with Crippen molar-refractivity contribution in [2.24, 2.45) is 11.8 Å². The molecule has 0 aliphatic rings. The van der Waals surface area contributed by atoms with Crippen molar-refractivity contribution in [2.45, 2.75) is 33.1 Å². The monoisotopic (exact) mass is 281 g/mol. The van der Waals surface area contributed by atoms with E-state index < -0.39 is 0 Å². The summed E-state index contributed by atoms with van der Waals surface area (Å²) in [6, 6.07) is 6.88. The lowest BCUT2D eigenvalue weighted by molar-refractivity contribution is 0.164. The van der Waals surface area contributed by atoms with Crippen molar-refractivity contribution in [1.29, 1.82) is 0 Å². The second kappa shape index (κ2) is 9.89. The highest BCUT2D eigenvalue weighted by molar-refractivity contribution is 5.16. The molecule has 2 atom stereocenters. The number of rotatable bonds is 10. The van der Waals surface area contributed by atoms with Gasteiger partial charge < -0.3 is 10.1 Å². The van der Waals surface area contributed by atoms with Crippen LogP contribution in [0.3, 0.4) is 0 Å². The molecule has 114 valence electrons. The fraction of sp³-hybridized carbons (Fsp3) is 0.647. The summed E-state index contributed by atoms with van der Waals surface area (Å²) >= 11 is 0. The van der Waals surface area contributed by atoms with Gasteiger partial charge in [-0.05, 0) is 61.9 Å². The molecule has 0 fully saturated rings. The fourth-order valence-electron chi connectivity index (χ4n) is 2.40. The lowest BCUT2D eigenvalue weighted by atomic mass is 9.86. The minimum absolute atomic E-state index is 0.165. The van der Waals surface area contributed by atoms with Gasteiger partial charge in [0.2, 0.25) is 0 Å². The first-order valence-corrected chi connectivity index (χ1v) is 7.61. The van der Waals surface area contributed by atoms with Crippen molar-refractivity contribution in [3.05, 3.63) is 35.6 Å². The average molecular weight is 281 g/mol. The van der Waals surface area contributed by atoms with Crippen LogP contribution in [0.4, 0.5) is 4.39 Å². The van der Waals surface area contributed by atoms with Gasteiger partial charge in [0.15, 0.2) is 0 Å². The molecule has 0 radical (unpaired) electrons. The average Bonchev–Trinajstić information content (AvgIpc) is 2.46. The molecule has 2 unspecified atom stereocenters. The predicted molar refractivity (Wildman–Crippen MR) is 82.4 cm³/mol. The van der Waals surface area contributed by atoms with Crippen molar-refractivity contribution >= 4 is 0 Å². The number of benzene rings is 1. The van der Waals surface area contributed by atoms with Crippen LogP contribution in [-0.4, -0.2) is 26.8 Å². The highest BCUT2D eigenvalue weighted by Crippen LogP contribution is 2.20. The SMILES string of the molecule is CCCNCC(Cc1ccc(F)cc1)C(C)CCOC. The standard InChI is InChI=1S/C17H28FNO/c1-4-10-19-13-16(14(2)9-11-20-3)12-15-5-7-17(18)8-6-15/h5-8,14,16,19H,4,9-13H2,1-3H3. The molecule has 20 heavy (non-hydrogen) atoms. The maximum Gasteiger partial charge on any atom is 0.123 e. The Labute approximate surface area is 122 Å². The summed E-state index contributed by atoms with van der Waals surface area (Å²) in [6.07, 6.45) is 3.20. The number of methoxy groups -OCH3 is 1. The summed E-state index contributed by atoms with van der Waals surface area (Å²) in [7, 11) is 1.75. The maximum atomic E-state index is 13.0. The second-order valence-corrected chi connectivity index (χ2v) is 5.55. The zero-order valence-corrected chi connectivity index (χ0v) is 13.0. The predicted octanol–water partition coefficient (Wildman–Crippen LogP) is 3.66. The van der Waals surface area contributed by atoms with Gasteiger partial charge in [-0.1, -0.05) is 26.0 Å². The van der Waals surface area contributed by atoms with Crippen LogP contribution in [0.5, 0.6) is 0 Å². The van der Waals surface area contributed by atoms with Gasteiger partial charge in [0, 0.05) is 13.7 Å². The molecule has 3 heteroatoms. The third kappa shape index (κ3) is 6.49. The number of ether oxygens (including phenoxy) is 1. The Morgan fingerprint density at radius 1 is 1.25 bits per heavy atom. The van der Waals surface area contributed by atoms with E-state index in [2.05, 4.69) is 19.2 Å². The molecule has 0 saturated carbocycles. The van der Waals surface area contributed by atoms with Crippen LogP contribution in [0.2, 0.25) is 0 Å². The number of hydrogen-bond acceptors (Lipinski definition) is 2. The molecule has 0 bridgehead atoms. The van der Waals surface area contributed by atoms with E-state index in [4.69, 9.17) is 4.74 Å². The van der Waals surface area contributed by atoms with E-state index in [-0.39, 0.29) is 5.82 Å². The van der Waals surface area contributed by atoms with Gasteiger partial charge in [-0.2, -0.15) is 0 Å². The molecule has 0 aromatic heterocycles. The van der Waals surface area contributed by atoms with Gasteiger partial charge in [-0.25, -0.2) is 4.39 Å². The molecule has 1 aromatic carbocycles. The van der Waals surface area contributed by atoms with Crippen molar-refractivity contribution in [3.8, 4) is 0 Å². The largest absolute Gasteiger partial charge is 0.385 e. The van der Waals surface area contributed by atoms with Crippen LogP contribution in [0, 0.1) is 17.7 Å². The number of nitrogens with one attached hydrogen (secondary N) is 1. The highest BCUT2D eigenvalue weighted by Gasteiger charge is 2.17. The minimum Gasteiger partial charge on any atom is -0.385 e. The van der Waals surface area contributed by atoms with Crippen molar-refractivity contribution < 1.29 is 9.13 Å². The van der Waals surface area contributed by atoms with E-state index in [1.54, 1.807) is 19.2 Å². The van der Waals surface area contributed by atoms with Crippen molar-refractivity contribution in [2.75, 3.05) is 26.8 Å². The van der Waals surface area contributed by atoms with E-state index >= 15 is 0 Å². The van der Waals surface area contributed by atoms with E-state index in [0.717, 1.165) is 39.0 Å². The molecule has 0 aliphatic carbocycles. The van der Waals surface area contributed by atoms with E-state index in [9.17, 15) is 4.39 Å². The Bertz CT molecular complexity index is 353. The Morgan fingerprint density at radius 3 is 2.55 bits per heavy atom. The summed E-state index contributed by atoms with van der Waals surface area (Å²) in [6.45, 7) is 7.32. The van der Waals surface area contributed by atoms with Gasteiger partial charge in [-0.3, -0.25) is 0 Å². The molecule has 0 heterocycles. The second-order valence-electron chi connectivity index (χ2n) is 5.55. The van der Waals surface area contributed by atoms with Crippen LogP contribution < -0.4 is 5.32 Å². The first-order chi connectivity index (χ1) is 9.67. The smallest absolute Gasteiger partial charge is 0.123 e. The molecular weight excluding hydrogens is 253 g/mol. The zero-order chi connectivity index (χ0) is 14.8. The van der Waals surface area contributed by atoms with Crippen molar-refractivity contribution in [3.63, 3.8) is 0 Å². The van der Waals surface area contributed by atoms with Gasteiger partial charge >= 0.3 is 0 Å². The lowest BCUT2D eigenvalue weighted by Crippen LogP contribution is -2.30. The normalized spacial score (nSPS) is 14.2. The van der Waals surface area contributed by atoms with Crippen LogP contribution in [0.1, 0.15) is 32.3 Å². The minimum atomic E-state index is -0.165. The summed E-state index contributed by atoms with van der Waals surface area (Å²) in [5.74, 6) is 0.980. The third-order valence-electron chi connectivity index (χ3n) is 3.83. The first-order valence-electron chi connectivity index (χ1n) is 7.61. The van der Waals surface area contributed by atoms with Gasteiger partial charge in [0.05, 0.1) is 0 Å². The van der Waals surface area contributed by atoms with Crippen LogP contribution in [0.15, 0.2) is 24.3 Å². The number of halogens is 1. The topological polar surface area (TPSA) is 21.3 Å². The molecule has 1 N–H and O–H groups in total. The van der Waals surface area contributed by atoms with E-state index in [1.807, 2.05) is 12.1 Å². The summed E-state index contributed by atoms with van der Waals surface area (Å²) in [5.41, 5.74) is 1.21. The summed E-state index contributed by atoms with van der Waals surface area (Å²) in [4.78, 5) is 0. The Hall–Kier alpha value is -0.930. The Balaban J connectivity index is 2.58. The molecule has 1 aromatic rings. The molecule has 0 amide bonds. The molecular formula is C17H28FNO. The van der Waals surface area contributed by atoms with Gasteiger partial charge in [0.25, 0.3) is 0 Å². The van der Waals surface area contributed by atoms with Gasteiger partial charge in [0.1, 0.15) is 5.82 Å². The molecule has 0 aliphatic heterocycles. The van der Waals surface area contributed by atoms with Crippen LogP contribution in [-0.2, 0) is 11.2 Å². The quantitative estimate of drug-likeness (QED) is 0.661. The Morgan fingerprint density at radius 2 is 1.95 bits per heavy atom. The van der Waals surface area contributed by atoms with Crippen LogP contribution in [0.25, 0.3) is 0 Å². The van der Waals surface area contributed by atoms with E-state index in [0.29, 0.717) is 11.8 Å². The summed E-state index contributed by atoms with van der Waals surface area (Å²) < 4.78 is 18.2. The van der Waals surface area contributed by atoms with Gasteiger partial charge in [-0.15, -0.1) is 0 Å². The first kappa shape index (κ1) is 17.1. The summed E-state index contributed by atoms with van der Waals surface area (Å²) in [5, 5.41) is 3.51. The zero-order valence-electron chi connectivity index (χ0n) is 13.0. The lowest BCUT2D eigenvalue weighted by Gasteiger charge is -2.24. The molecule has 0 spiro atoms. The van der Waals surface area contributed by atoms with Crippen LogP contribution >= 0.6 is 0 Å². The maximum absolute atomic E-state index is 13.0. The third-order valence-corrected chi connectivity index (χ3v) is 3.83. The van der Waals surface area contributed by atoms with Crippen molar-refractivity contribution in [1.82, 2.24) is 5.32 Å². The Kier molecular flexibility index (Phi) is 8.47. The molecule has 0 saturated heterocycles. The number of hydrogen-bond donors (Lipinski definition) is 1. The fourth-order valence-corrected chi connectivity index (χ4v) is 2.40. The highest BCUT2D eigenvalue weighted by atomic mass is 19.1. The molecule has 1 rings (SSSR count).